The van der Waals surface area contributed by atoms with Crippen molar-refractivity contribution in [2.24, 2.45) is 5.92 Å². The largest absolute Gasteiger partial charge is 0.481 e. The Balaban J connectivity index is 1.93. The lowest BCUT2D eigenvalue weighted by Crippen LogP contribution is -2.37. The summed E-state index contributed by atoms with van der Waals surface area (Å²) in [4.78, 5) is 23.3. The van der Waals surface area contributed by atoms with Crippen LogP contribution in [-0.2, 0) is 4.79 Å². The van der Waals surface area contributed by atoms with Gasteiger partial charge in [0.25, 0.3) is 5.69 Å². The molecule has 0 amide bonds. The summed E-state index contributed by atoms with van der Waals surface area (Å²) >= 11 is 6.33. The van der Waals surface area contributed by atoms with Gasteiger partial charge in [0.2, 0.25) is 0 Å². The third-order valence-electron chi connectivity index (χ3n) is 3.80. The number of hydrogen-bond acceptors (Lipinski definition) is 4. The maximum atomic E-state index is 10.9. The lowest BCUT2D eigenvalue weighted by molar-refractivity contribution is -0.384. The monoisotopic (exact) mass is 312 g/mol. The number of aliphatic carboxylic acids is 1. The molecule has 1 unspecified atom stereocenters. The molecule has 0 radical (unpaired) electrons. The standard InChI is InChI=1S/C14H17ClN2O4/c15-13(11-2-1-3-12(8-11)17(20)21)9-16-6-4-10(5-7-16)14(18)19/h1-3,8,10,13H,4-7,9H2,(H,18,19). The molecule has 1 aromatic rings. The number of alkyl halides is 1. The van der Waals surface area contributed by atoms with E-state index >= 15 is 0 Å². The van der Waals surface area contributed by atoms with E-state index in [4.69, 9.17) is 16.7 Å². The fraction of sp³-hybridized carbons (Fsp3) is 0.500. The van der Waals surface area contributed by atoms with Crippen LogP contribution in [-0.4, -0.2) is 40.5 Å². The summed E-state index contributed by atoms with van der Waals surface area (Å²) in [6.45, 7) is 1.94. The highest BCUT2D eigenvalue weighted by Crippen LogP contribution is 2.27. The Bertz CT molecular complexity index is 529. The summed E-state index contributed by atoms with van der Waals surface area (Å²) < 4.78 is 0. The topological polar surface area (TPSA) is 83.7 Å². The summed E-state index contributed by atoms with van der Waals surface area (Å²) in [7, 11) is 0. The number of benzene rings is 1. The van der Waals surface area contributed by atoms with Crippen LogP contribution >= 0.6 is 11.6 Å². The van der Waals surface area contributed by atoms with Crippen molar-refractivity contribution in [1.29, 1.82) is 0 Å². The second-order valence-electron chi connectivity index (χ2n) is 5.23. The minimum Gasteiger partial charge on any atom is -0.481 e. The number of nitro benzene ring substituents is 1. The number of carboxylic acid groups (broad SMARTS) is 1. The first kappa shape index (κ1) is 15.7. The Morgan fingerprint density at radius 1 is 1.48 bits per heavy atom. The van der Waals surface area contributed by atoms with E-state index in [1.807, 2.05) is 0 Å². The quantitative estimate of drug-likeness (QED) is 0.513. The van der Waals surface area contributed by atoms with Crippen LogP contribution in [0.25, 0.3) is 0 Å². The van der Waals surface area contributed by atoms with Crippen molar-refractivity contribution in [3.63, 3.8) is 0 Å². The van der Waals surface area contributed by atoms with Crippen LogP contribution in [0.2, 0.25) is 0 Å². The molecule has 2 rings (SSSR count). The fourth-order valence-electron chi connectivity index (χ4n) is 2.53. The Labute approximate surface area is 127 Å². The molecule has 7 heteroatoms. The molecule has 1 fully saturated rings. The van der Waals surface area contributed by atoms with Crippen molar-refractivity contribution in [3.05, 3.63) is 39.9 Å². The van der Waals surface area contributed by atoms with Crippen molar-refractivity contribution in [2.45, 2.75) is 18.2 Å². The number of nitro groups is 1. The van der Waals surface area contributed by atoms with E-state index < -0.39 is 10.9 Å². The molecule has 1 aliphatic heterocycles. The third kappa shape index (κ3) is 4.15. The highest BCUT2D eigenvalue weighted by molar-refractivity contribution is 6.21. The van der Waals surface area contributed by atoms with Crippen LogP contribution in [0, 0.1) is 16.0 Å². The van der Waals surface area contributed by atoms with E-state index in [1.54, 1.807) is 12.1 Å². The molecule has 0 spiro atoms. The molecule has 114 valence electrons. The number of hydrogen-bond donors (Lipinski definition) is 1. The van der Waals surface area contributed by atoms with Gasteiger partial charge >= 0.3 is 5.97 Å². The molecule has 6 nitrogen and oxygen atoms in total. The minimum absolute atomic E-state index is 0.0303. The molecule has 21 heavy (non-hydrogen) atoms. The van der Waals surface area contributed by atoms with E-state index in [0.717, 1.165) is 0 Å². The maximum absolute atomic E-state index is 10.9. The van der Waals surface area contributed by atoms with Gasteiger partial charge in [-0.05, 0) is 31.5 Å². The van der Waals surface area contributed by atoms with Gasteiger partial charge in [0.1, 0.15) is 0 Å². The number of halogens is 1. The van der Waals surface area contributed by atoms with Gasteiger partial charge in [0.15, 0.2) is 0 Å². The van der Waals surface area contributed by atoms with E-state index in [9.17, 15) is 14.9 Å². The molecular weight excluding hydrogens is 296 g/mol. The molecule has 1 atom stereocenters. The van der Waals surface area contributed by atoms with Crippen LogP contribution < -0.4 is 0 Å². The number of carboxylic acids is 1. The number of likely N-dealkylation sites (tertiary alicyclic amines) is 1. The number of carbonyl (C=O) groups is 1. The fourth-order valence-corrected chi connectivity index (χ4v) is 2.86. The molecule has 0 bridgehead atoms. The zero-order valence-electron chi connectivity index (χ0n) is 11.4. The van der Waals surface area contributed by atoms with Crippen molar-refractivity contribution in [3.8, 4) is 0 Å². The van der Waals surface area contributed by atoms with Crippen LogP contribution in [0.3, 0.4) is 0 Å². The van der Waals surface area contributed by atoms with Crippen LogP contribution in [0.4, 0.5) is 5.69 Å². The van der Waals surface area contributed by atoms with Gasteiger partial charge in [0.05, 0.1) is 16.2 Å². The van der Waals surface area contributed by atoms with Gasteiger partial charge in [0, 0.05) is 18.7 Å². The van der Waals surface area contributed by atoms with Gasteiger partial charge in [-0.2, -0.15) is 0 Å². The summed E-state index contributed by atoms with van der Waals surface area (Å²) in [5.74, 6) is -1.01. The number of rotatable bonds is 5. The molecule has 1 N–H and O–H groups in total. The molecule has 1 aliphatic rings. The summed E-state index contributed by atoms with van der Waals surface area (Å²) in [6.07, 6.45) is 1.24. The second-order valence-corrected chi connectivity index (χ2v) is 5.76. The first-order valence-corrected chi connectivity index (χ1v) is 7.24. The molecule has 0 aromatic heterocycles. The summed E-state index contributed by atoms with van der Waals surface area (Å²) in [6, 6.07) is 6.32. The Morgan fingerprint density at radius 3 is 2.71 bits per heavy atom. The highest BCUT2D eigenvalue weighted by Gasteiger charge is 2.26. The summed E-state index contributed by atoms with van der Waals surface area (Å²) in [5, 5.41) is 19.4. The molecule has 0 saturated carbocycles. The van der Waals surface area contributed by atoms with Crippen LogP contribution in [0.1, 0.15) is 23.8 Å². The first-order valence-electron chi connectivity index (χ1n) is 6.81. The van der Waals surface area contributed by atoms with Gasteiger partial charge in [-0.15, -0.1) is 11.6 Å². The third-order valence-corrected chi connectivity index (χ3v) is 4.19. The van der Waals surface area contributed by atoms with E-state index in [-0.39, 0.29) is 17.0 Å². The van der Waals surface area contributed by atoms with Crippen LogP contribution in [0.15, 0.2) is 24.3 Å². The zero-order chi connectivity index (χ0) is 15.4. The second kappa shape index (κ2) is 6.87. The summed E-state index contributed by atoms with van der Waals surface area (Å²) in [5.41, 5.74) is 0.744. The molecule has 0 aliphatic carbocycles. The minimum atomic E-state index is -0.740. The van der Waals surface area contributed by atoms with Gasteiger partial charge < -0.3 is 10.0 Å². The van der Waals surface area contributed by atoms with Gasteiger partial charge in [-0.25, -0.2) is 0 Å². The average Bonchev–Trinajstić information content (AvgIpc) is 2.48. The van der Waals surface area contributed by atoms with Crippen molar-refractivity contribution < 1.29 is 14.8 Å². The van der Waals surface area contributed by atoms with E-state index in [1.165, 1.54) is 12.1 Å². The molecular formula is C14H17ClN2O4. The molecule has 1 saturated heterocycles. The number of piperidine rings is 1. The lowest BCUT2D eigenvalue weighted by atomic mass is 9.97. The van der Waals surface area contributed by atoms with E-state index in [0.29, 0.717) is 38.0 Å². The molecule has 1 aromatic carbocycles. The van der Waals surface area contributed by atoms with Crippen molar-refractivity contribution in [2.75, 3.05) is 19.6 Å². The normalized spacial score (nSPS) is 18.3. The zero-order valence-corrected chi connectivity index (χ0v) is 12.2. The highest BCUT2D eigenvalue weighted by atomic mass is 35.5. The van der Waals surface area contributed by atoms with Gasteiger partial charge in [-0.3, -0.25) is 14.9 Å². The number of non-ortho nitro benzene ring substituents is 1. The predicted octanol–water partition coefficient (Wildman–Crippen LogP) is 2.67. The Morgan fingerprint density at radius 2 is 2.14 bits per heavy atom. The van der Waals surface area contributed by atoms with Crippen molar-refractivity contribution in [1.82, 2.24) is 4.90 Å². The lowest BCUT2D eigenvalue weighted by Gasteiger charge is -2.31. The smallest absolute Gasteiger partial charge is 0.306 e. The Hall–Kier alpha value is -1.66. The van der Waals surface area contributed by atoms with Crippen molar-refractivity contribution >= 4 is 23.3 Å². The first-order chi connectivity index (χ1) is 9.97. The molecule has 1 heterocycles. The maximum Gasteiger partial charge on any atom is 0.306 e. The average molecular weight is 313 g/mol. The Kier molecular flexibility index (Phi) is 5.14. The predicted molar refractivity (Wildman–Crippen MR) is 78.5 cm³/mol. The van der Waals surface area contributed by atoms with Crippen LogP contribution in [0.5, 0.6) is 0 Å². The number of nitrogens with zero attached hydrogens (tertiary/aromatic N) is 2. The SMILES string of the molecule is O=C(O)C1CCN(CC(Cl)c2cccc([N+](=O)[O-])c2)CC1. The van der Waals surface area contributed by atoms with Gasteiger partial charge in [-0.1, -0.05) is 12.1 Å². The van der Waals surface area contributed by atoms with E-state index in [2.05, 4.69) is 4.90 Å².